The summed E-state index contributed by atoms with van der Waals surface area (Å²) in [6.07, 6.45) is 0. The number of aliphatic hydroxyl groups excluding tert-OH is 1. The van der Waals surface area contributed by atoms with Gasteiger partial charge in [0.15, 0.2) is 0 Å². The van der Waals surface area contributed by atoms with E-state index in [1.807, 2.05) is 18.2 Å². The summed E-state index contributed by atoms with van der Waals surface area (Å²) < 4.78 is 5.24. The third kappa shape index (κ3) is 0.625. The van der Waals surface area contributed by atoms with Crippen molar-refractivity contribution in [2.75, 3.05) is 0 Å². The van der Waals surface area contributed by atoms with Gasteiger partial charge in [0, 0.05) is 5.56 Å². The predicted molar refractivity (Wildman–Crippen MR) is 36.7 cm³/mol. The van der Waals surface area contributed by atoms with Crippen molar-refractivity contribution < 1.29 is 9.84 Å². The summed E-state index contributed by atoms with van der Waals surface area (Å²) in [7, 11) is 0. The van der Waals surface area contributed by atoms with Gasteiger partial charge in [-0.05, 0) is 11.6 Å². The number of benzene rings is 1. The lowest BCUT2D eigenvalue weighted by Gasteiger charge is -1.95. The average Bonchev–Trinajstić information content (AvgIpc) is 2.19. The van der Waals surface area contributed by atoms with E-state index < -0.39 is 0 Å². The second kappa shape index (κ2) is 1.99. The maximum absolute atomic E-state index is 8.86. The van der Waals surface area contributed by atoms with Gasteiger partial charge in [0.25, 0.3) is 0 Å². The summed E-state index contributed by atoms with van der Waals surface area (Å²) in [5.41, 5.74) is 2.06. The van der Waals surface area contributed by atoms with Crippen LogP contribution in [0.25, 0.3) is 0 Å². The molecule has 0 amide bonds. The number of fused-ring (bicyclic) bond motifs is 2. The Morgan fingerprint density at radius 1 is 1.50 bits per heavy atom. The normalized spacial score (nSPS) is 13.3. The Morgan fingerprint density at radius 3 is 3.00 bits per heavy atom. The van der Waals surface area contributed by atoms with E-state index in [1.165, 1.54) is 0 Å². The number of rotatable bonds is 1. The molecule has 0 radical (unpaired) electrons. The van der Waals surface area contributed by atoms with Gasteiger partial charge < -0.3 is 9.84 Å². The quantitative estimate of drug-likeness (QED) is 0.625. The van der Waals surface area contributed by atoms with Crippen molar-refractivity contribution in [1.82, 2.24) is 0 Å². The second-order valence-corrected chi connectivity index (χ2v) is 2.34. The van der Waals surface area contributed by atoms with Crippen LogP contribution in [-0.2, 0) is 13.2 Å². The molecular formula is C8H8O2. The summed E-state index contributed by atoms with van der Waals surface area (Å²) in [5.74, 6) is 0.833. The first-order valence-electron chi connectivity index (χ1n) is 3.26. The van der Waals surface area contributed by atoms with Gasteiger partial charge in [-0.3, -0.25) is 0 Å². The van der Waals surface area contributed by atoms with Gasteiger partial charge in [-0.25, -0.2) is 0 Å². The molecule has 1 heterocycles. The zero-order chi connectivity index (χ0) is 6.97. The molecule has 0 atom stereocenters. The molecule has 2 bridgehead atoms. The van der Waals surface area contributed by atoms with Crippen molar-refractivity contribution in [3.05, 3.63) is 29.3 Å². The average molecular weight is 136 g/mol. The van der Waals surface area contributed by atoms with Crippen molar-refractivity contribution >= 4 is 0 Å². The lowest BCUT2D eigenvalue weighted by atomic mass is 10.1. The zero-order valence-electron chi connectivity index (χ0n) is 5.50. The molecule has 10 heavy (non-hydrogen) atoms. The third-order valence-electron chi connectivity index (χ3n) is 1.77. The molecular weight excluding hydrogens is 128 g/mol. The van der Waals surface area contributed by atoms with Crippen LogP contribution in [0.3, 0.4) is 0 Å². The van der Waals surface area contributed by atoms with E-state index in [4.69, 9.17) is 9.84 Å². The van der Waals surface area contributed by atoms with Crippen molar-refractivity contribution in [3.63, 3.8) is 0 Å². The van der Waals surface area contributed by atoms with Crippen LogP contribution in [0.1, 0.15) is 11.1 Å². The van der Waals surface area contributed by atoms with Gasteiger partial charge in [-0.2, -0.15) is 0 Å². The Hall–Kier alpha value is -1.02. The topological polar surface area (TPSA) is 29.5 Å². The van der Waals surface area contributed by atoms with E-state index >= 15 is 0 Å². The lowest BCUT2D eigenvalue weighted by molar-refractivity contribution is 0.278. The van der Waals surface area contributed by atoms with E-state index in [9.17, 15) is 0 Å². The highest BCUT2D eigenvalue weighted by Crippen LogP contribution is 2.29. The number of hydrogen-bond acceptors (Lipinski definition) is 2. The van der Waals surface area contributed by atoms with Crippen molar-refractivity contribution in [2.24, 2.45) is 0 Å². The first kappa shape index (κ1) is 5.74. The van der Waals surface area contributed by atoms with Gasteiger partial charge in [0.05, 0.1) is 6.61 Å². The molecule has 1 aromatic carbocycles. The molecule has 0 aromatic heterocycles. The summed E-state index contributed by atoms with van der Waals surface area (Å²) in [6.45, 7) is 0.712. The van der Waals surface area contributed by atoms with Gasteiger partial charge in [-0.15, -0.1) is 0 Å². The third-order valence-corrected chi connectivity index (χ3v) is 1.77. The molecule has 2 nitrogen and oxygen atoms in total. The smallest absolute Gasteiger partial charge is 0.125 e. The van der Waals surface area contributed by atoms with E-state index in [0.717, 1.165) is 16.9 Å². The van der Waals surface area contributed by atoms with Gasteiger partial charge >= 0.3 is 0 Å². The minimum atomic E-state index is 0.0888. The van der Waals surface area contributed by atoms with Crippen LogP contribution >= 0.6 is 0 Å². The highest BCUT2D eigenvalue weighted by Gasteiger charge is 2.14. The molecule has 0 saturated carbocycles. The van der Waals surface area contributed by atoms with E-state index in [-0.39, 0.29) is 6.61 Å². The van der Waals surface area contributed by atoms with Crippen molar-refractivity contribution in [3.8, 4) is 5.75 Å². The monoisotopic (exact) mass is 136 g/mol. The first-order chi connectivity index (χ1) is 4.92. The van der Waals surface area contributed by atoms with Crippen LogP contribution in [0.5, 0.6) is 5.75 Å². The van der Waals surface area contributed by atoms with Crippen LogP contribution in [0.2, 0.25) is 0 Å². The van der Waals surface area contributed by atoms with Gasteiger partial charge in [0.1, 0.15) is 12.4 Å². The number of hydrogen-bond donors (Lipinski definition) is 1. The minimum Gasteiger partial charge on any atom is -0.489 e. The summed E-state index contributed by atoms with van der Waals surface area (Å²) in [4.78, 5) is 0. The van der Waals surface area contributed by atoms with Crippen LogP contribution in [-0.4, -0.2) is 5.11 Å². The van der Waals surface area contributed by atoms with E-state index in [2.05, 4.69) is 0 Å². The molecule has 2 rings (SSSR count). The fraction of sp³-hybridized carbons (Fsp3) is 0.250. The number of ether oxygens (including phenoxy) is 1. The molecule has 0 saturated heterocycles. The van der Waals surface area contributed by atoms with E-state index in [0.29, 0.717) is 6.61 Å². The Morgan fingerprint density at radius 2 is 2.40 bits per heavy atom. The predicted octanol–water partition coefficient (Wildman–Crippen LogP) is 1.07. The highest BCUT2D eigenvalue weighted by atomic mass is 16.5. The van der Waals surface area contributed by atoms with Crippen molar-refractivity contribution in [1.29, 1.82) is 0 Å². The molecule has 1 aliphatic heterocycles. The number of aliphatic hydroxyl groups is 1. The molecule has 0 fully saturated rings. The summed E-state index contributed by atoms with van der Waals surface area (Å²) in [5, 5.41) is 8.86. The molecule has 1 aliphatic rings. The molecule has 1 N–H and O–H groups in total. The fourth-order valence-electron chi connectivity index (χ4n) is 1.22. The largest absolute Gasteiger partial charge is 0.489 e. The molecule has 1 aromatic rings. The maximum atomic E-state index is 8.86. The lowest BCUT2D eigenvalue weighted by Crippen LogP contribution is -1.83. The Bertz CT molecular complexity index is 233. The minimum absolute atomic E-state index is 0.0888. The van der Waals surface area contributed by atoms with Crippen LogP contribution in [0.15, 0.2) is 18.2 Å². The van der Waals surface area contributed by atoms with Gasteiger partial charge in [-0.1, -0.05) is 12.1 Å². The Balaban J connectivity index is 2.58. The standard InChI is InChI=1S/C8H8O2/c9-4-7-6-2-1-3-8(7)10-5-6/h1-3,9H,4-5H2. The van der Waals surface area contributed by atoms with E-state index in [1.54, 1.807) is 0 Å². The summed E-state index contributed by atoms with van der Waals surface area (Å²) in [6, 6.07) is 5.79. The Kier molecular flexibility index (Phi) is 1.14. The molecule has 0 spiro atoms. The second-order valence-electron chi connectivity index (χ2n) is 2.34. The Labute approximate surface area is 59.1 Å². The summed E-state index contributed by atoms with van der Waals surface area (Å²) >= 11 is 0. The maximum Gasteiger partial charge on any atom is 0.125 e. The van der Waals surface area contributed by atoms with Crippen molar-refractivity contribution in [2.45, 2.75) is 13.2 Å². The first-order valence-corrected chi connectivity index (χ1v) is 3.26. The SMILES string of the molecule is OCc1c2cccc1OC2. The highest BCUT2D eigenvalue weighted by molar-refractivity contribution is 5.43. The van der Waals surface area contributed by atoms with Crippen LogP contribution in [0.4, 0.5) is 0 Å². The van der Waals surface area contributed by atoms with Crippen LogP contribution in [0, 0.1) is 0 Å². The molecule has 52 valence electrons. The fourth-order valence-corrected chi connectivity index (χ4v) is 1.22. The molecule has 0 aliphatic carbocycles. The molecule has 0 unspecified atom stereocenters. The molecule has 2 heteroatoms. The van der Waals surface area contributed by atoms with Crippen LogP contribution < -0.4 is 4.74 Å². The van der Waals surface area contributed by atoms with Gasteiger partial charge in [0.2, 0.25) is 0 Å². The zero-order valence-corrected chi connectivity index (χ0v) is 5.50.